The Hall–Kier alpha value is -2.21. The van der Waals surface area contributed by atoms with Gasteiger partial charge in [-0.05, 0) is 17.5 Å². The second-order valence-corrected chi connectivity index (χ2v) is 6.35. The van der Waals surface area contributed by atoms with Crippen molar-refractivity contribution in [3.05, 3.63) is 45.9 Å². The zero-order valence-corrected chi connectivity index (χ0v) is 13.3. The van der Waals surface area contributed by atoms with E-state index in [9.17, 15) is 9.59 Å². The number of hydrogen-bond donors (Lipinski definition) is 2. The quantitative estimate of drug-likeness (QED) is 0.857. The van der Waals surface area contributed by atoms with Crippen LogP contribution in [0.1, 0.15) is 34.9 Å². The van der Waals surface area contributed by atoms with Crippen molar-refractivity contribution in [3.63, 3.8) is 0 Å². The lowest BCUT2D eigenvalue weighted by Crippen LogP contribution is -2.15. The van der Waals surface area contributed by atoms with E-state index in [4.69, 9.17) is 5.11 Å². The second kappa shape index (κ2) is 7.17. The van der Waals surface area contributed by atoms with E-state index in [0.717, 1.165) is 11.4 Å². The van der Waals surface area contributed by atoms with Gasteiger partial charge >= 0.3 is 5.97 Å². The summed E-state index contributed by atoms with van der Waals surface area (Å²) in [4.78, 5) is 27.4. The number of hydrogen-bond acceptors (Lipinski definition) is 4. The van der Waals surface area contributed by atoms with Crippen LogP contribution in [0, 0.1) is 5.92 Å². The predicted molar refractivity (Wildman–Crippen MR) is 86.4 cm³/mol. The number of thiazole rings is 1. The van der Waals surface area contributed by atoms with E-state index in [-0.39, 0.29) is 12.3 Å². The van der Waals surface area contributed by atoms with Crippen LogP contribution in [0.15, 0.2) is 29.6 Å². The van der Waals surface area contributed by atoms with Gasteiger partial charge in [0.15, 0.2) is 0 Å². The minimum absolute atomic E-state index is 0.133. The molecule has 1 aromatic heterocycles. The molecule has 6 heteroatoms. The number of aliphatic carboxylic acids is 1. The molecule has 22 heavy (non-hydrogen) atoms. The highest BCUT2D eigenvalue weighted by Crippen LogP contribution is 2.19. The van der Waals surface area contributed by atoms with Crippen LogP contribution in [0.4, 0.5) is 5.69 Å². The number of amides is 1. The molecule has 1 heterocycles. The van der Waals surface area contributed by atoms with Crippen molar-refractivity contribution >= 4 is 28.9 Å². The summed E-state index contributed by atoms with van der Waals surface area (Å²) in [5.41, 5.74) is 1.44. The van der Waals surface area contributed by atoms with Crippen LogP contribution in [0.3, 0.4) is 0 Å². The standard InChI is InChI=1S/C16H18N2O3S/c1-10(2)7-14-17-13(9-22-14)16(21)18-12-6-4-3-5-11(12)8-15(19)20/h3-6,9-10H,7-8H2,1-2H3,(H,18,21)(H,19,20). The van der Waals surface area contributed by atoms with Crippen molar-refractivity contribution in [2.24, 2.45) is 5.92 Å². The van der Waals surface area contributed by atoms with Gasteiger partial charge in [0.1, 0.15) is 5.69 Å². The fourth-order valence-electron chi connectivity index (χ4n) is 2.00. The molecule has 0 bridgehead atoms. The maximum absolute atomic E-state index is 12.2. The summed E-state index contributed by atoms with van der Waals surface area (Å²) in [6.45, 7) is 4.20. The Labute approximate surface area is 133 Å². The first-order valence-electron chi connectivity index (χ1n) is 7.01. The third kappa shape index (κ3) is 4.39. The molecule has 0 atom stereocenters. The van der Waals surface area contributed by atoms with E-state index in [0.29, 0.717) is 22.9 Å². The number of para-hydroxylation sites is 1. The van der Waals surface area contributed by atoms with Crippen molar-refractivity contribution in [3.8, 4) is 0 Å². The molecule has 0 aliphatic carbocycles. The zero-order valence-electron chi connectivity index (χ0n) is 12.5. The van der Waals surface area contributed by atoms with Crippen LogP contribution < -0.4 is 5.32 Å². The van der Waals surface area contributed by atoms with Crippen LogP contribution in [-0.4, -0.2) is 22.0 Å². The van der Waals surface area contributed by atoms with Crippen LogP contribution >= 0.6 is 11.3 Å². The molecule has 2 N–H and O–H groups in total. The van der Waals surface area contributed by atoms with E-state index >= 15 is 0 Å². The van der Waals surface area contributed by atoms with Gasteiger partial charge in [0.25, 0.3) is 5.91 Å². The highest BCUT2D eigenvalue weighted by atomic mass is 32.1. The lowest BCUT2D eigenvalue weighted by atomic mass is 10.1. The van der Waals surface area contributed by atoms with Gasteiger partial charge < -0.3 is 10.4 Å². The SMILES string of the molecule is CC(C)Cc1nc(C(=O)Nc2ccccc2CC(=O)O)cs1. The zero-order chi connectivity index (χ0) is 16.1. The average molecular weight is 318 g/mol. The number of nitrogens with one attached hydrogen (secondary N) is 1. The lowest BCUT2D eigenvalue weighted by molar-refractivity contribution is -0.136. The average Bonchev–Trinajstić information content (AvgIpc) is 2.88. The lowest BCUT2D eigenvalue weighted by Gasteiger charge is -2.08. The molecule has 1 amide bonds. The number of anilines is 1. The topological polar surface area (TPSA) is 79.3 Å². The van der Waals surface area contributed by atoms with Gasteiger partial charge in [-0.2, -0.15) is 0 Å². The third-order valence-corrected chi connectivity index (χ3v) is 3.85. The van der Waals surface area contributed by atoms with Crippen LogP contribution in [0.25, 0.3) is 0 Å². The molecule has 0 aliphatic heterocycles. The summed E-state index contributed by atoms with van der Waals surface area (Å²) in [5.74, 6) is -0.767. The first-order valence-corrected chi connectivity index (χ1v) is 7.89. The highest BCUT2D eigenvalue weighted by Gasteiger charge is 2.14. The summed E-state index contributed by atoms with van der Waals surface area (Å²) in [6, 6.07) is 6.89. The van der Waals surface area contributed by atoms with Gasteiger partial charge in [-0.25, -0.2) is 4.98 Å². The molecule has 0 radical (unpaired) electrons. The van der Waals surface area contributed by atoms with Crippen LogP contribution in [0.2, 0.25) is 0 Å². The first-order chi connectivity index (χ1) is 10.5. The predicted octanol–water partition coefficient (Wildman–Crippen LogP) is 3.22. The molecule has 0 fully saturated rings. The van der Waals surface area contributed by atoms with E-state index in [1.807, 2.05) is 0 Å². The summed E-state index contributed by atoms with van der Waals surface area (Å²) >= 11 is 1.47. The third-order valence-electron chi connectivity index (χ3n) is 2.97. The highest BCUT2D eigenvalue weighted by molar-refractivity contribution is 7.09. The minimum Gasteiger partial charge on any atom is -0.481 e. The Morgan fingerprint density at radius 3 is 2.73 bits per heavy atom. The van der Waals surface area contributed by atoms with Crippen molar-refractivity contribution in [1.82, 2.24) is 4.98 Å². The van der Waals surface area contributed by atoms with Gasteiger partial charge in [0, 0.05) is 17.5 Å². The number of carboxylic acids is 1. The number of nitrogens with zero attached hydrogens (tertiary/aromatic N) is 1. The van der Waals surface area contributed by atoms with E-state index in [2.05, 4.69) is 24.1 Å². The number of carboxylic acid groups (broad SMARTS) is 1. The fraction of sp³-hybridized carbons (Fsp3) is 0.312. The first kappa shape index (κ1) is 16.2. The molecule has 2 rings (SSSR count). The van der Waals surface area contributed by atoms with Gasteiger partial charge in [0.2, 0.25) is 0 Å². The van der Waals surface area contributed by atoms with E-state index in [1.165, 1.54) is 11.3 Å². The molecule has 0 aliphatic rings. The number of benzene rings is 1. The Bertz CT molecular complexity index is 680. The Kier molecular flexibility index (Phi) is 5.27. The molecular formula is C16H18N2O3S. The summed E-state index contributed by atoms with van der Waals surface area (Å²) in [5, 5.41) is 14.3. The second-order valence-electron chi connectivity index (χ2n) is 5.41. The molecular weight excluding hydrogens is 300 g/mol. The summed E-state index contributed by atoms with van der Waals surface area (Å²) < 4.78 is 0. The van der Waals surface area contributed by atoms with Crippen LogP contribution in [0.5, 0.6) is 0 Å². The molecule has 116 valence electrons. The summed E-state index contributed by atoms with van der Waals surface area (Å²) in [6.07, 6.45) is 0.708. The van der Waals surface area contributed by atoms with Gasteiger partial charge in [-0.1, -0.05) is 32.0 Å². The van der Waals surface area contributed by atoms with E-state index < -0.39 is 5.97 Å². The Morgan fingerprint density at radius 2 is 2.05 bits per heavy atom. The van der Waals surface area contributed by atoms with Crippen molar-refractivity contribution < 1.29 is 14.7 Å². The molecule has 0 saturated heterocycles. The minimum atomic E-state index is -0.936. The fourth-order valence-corrected chi connectivity index (χ4v) is 2.99. The maximum atomic E-state index is 12.2. The van der Waals surface area contributed by atoms with Gasteiger partial charge in [-0.15, -0.1) is 11.3 Å². The van der Waals surface area contributed by atoms with Crippen LogP contribution in [-0.2, 0) is 17.6 Å². The molecule has 2 aromatic rings. The number of carbonyl (C=O) groups is 2. The van der Waals surface area contributed by atoms with E-state index in [1.54, 1.807) is 29.6 Å². The normalized spacial score (nSPS) is 10.7. The van der Waals surface area contributed by atoms with Crippen molar-refractivity contribution in [2.75, 3.05) is 5.32 Å². The molecule has 0 saturated carbocycles. The van der Waals surface area contributed by atoms with Gasteiger partial charge in [-0.3, -0.25) is 9.59 Å². The maximum Gasteiger partial charge on any atom is 0.307 e. The van der Waals surface area contributed by atoms with Crippen molar-refractivity contribution in [2.45, 2.75) is 26.7 Å². The number of aromatic nitrogens is 1. The molecule has 0 unspecified atom stereocenters. The Balaban J connectivity index is 2.12. The molecule has 1 aromatic carbocycles. The van der Waals surface area contributed by atoms with Gasteiger partial charge in [0.05, 0.1) is 11.4 Å². The Morgan fingerprint density at radius 1 is 1.32 bits per heavy atom. The largest absolute Gasteiger partial charge is 0.481 e. The smallest absolute Gasteiger partial charge is 0.307 e. The summed E-state index contributed by atoms with van der Waals surface area (Å²) in [7, 11) is 0. The molecule has 5 nitrogen and oxygen atoms in total. The monoisotopic (exact) mass is 318 g/mol. The van der Waals surface area contributed by atoms with Crippen molar-refractivity contribution in [1.29, 1.82) is 0 Å². The number of rotatable bonds is 6. The molecule has 0 spiro atoms. The number of carbonyl (C=O) groups excluding carboxylic acids is 1.